The molecule has 0 aromatic heterocycles. The van der Waals surface area contributed by atoms with E-state index in [4.69, 9.17) is 0 Å². The molecule has 1 heterocycles. The second-order valence-corrected chi connectivity index (χ2v) is 7.85. The topological polar surface area (TPSA) is 40.6 Å². The second kappa shape index (κ2) is 9.08. The smallest absolute Gasteiger partial charge is 0.286 e. The number of urea groups is 1. The summed E-state index contributed by atoms with van der Waals surface area (Å²) in [5.74, 6) is -0.303. The van der Waals surface area contributed by atoms with Crippen LogP contribution in [0.4, 0.5) is 16.2 Å². The van der Waals surface area contributed by atoms with Gasteiger partial charge in [0.2, 0.25) is 0 Å². The molecule has 1 fully saturated rings. The summed E-state index contributed by atoms with van der Waals surface area (Å²) >= 11 is 0. The van der Waals surface area contributed by atoms with Gasteiger partial charge in [0.25, 0.3) is 5.91 Å². The fraction of sp³-hybridized carbons (Fsp3) is 0.360. The SMILES string of the molecule is C=C1C(=O)N(c2ccc(C)cc2)C(=O)N(c2ccc(C)cc2)C1CCCCCC. The fourth-order valence-corrected chi connectivity index (χ4v) is 3.75. The third kappa shape index (κ3) is 4.42. The Hall–Kier alpha value is -2.88. The molecule has 2 aromatic carbocycles. The van der Waals surface area contributed by atoms with Gasteiger partial charge in [-0.05, 0) is 44.5 Å². The standard InChI is InChI=1S/C25H30N2O2/c1-5-6-7-8-9-23-20(4)24(28)27(22-16-12-19(3)13-17-22)25(29)26(23)21-14-10-18(2)11-15-21/h10-17,23H,4-9H2,1-3H3. The number of nitrogens with zero attached hydrogens (tertiary/aromatic N) is 2. The van der Waals surface area contributed by atoms with E-state index < -0.39 is 0 Å². The molecule has 29 heavy (non-hydrogen) atoms. The molecule has 1 atom stereocenters. The minimum Gasteiger partial charge on any atom is -0.286 e. The summed E-state index contributed by atoms with van der Waals surface area (Å²) < 4.78 is 0. The zero-order chi connectivity index (χ0) is 21.0. The molecule has 2 aromatic rings. The van der Waals surface area contributed by atoms with Crippen LogP contribution >= 0.6 is 0 Å². The Kier molecular flexibility index (Phi) is 6.53. The van der Waals surface area contributed by atoms with Gasteiger partial charge in [0.15, 0.2) is 0 Å². The van der Waals surface area contributed by atoms with Crippen LogP contribution in [0.25, 0.3) is 0 Å². The first-order valence-corrected chi connectivity index (χ1v) is 10.4. The van der Waals surface area contributed by atoms with Crippen molar-refractivity contribution in [1.29, 1.82) is 0 Å². The number of aryl methyl sites for hydroxylation is 2. The van der Waals surface area contributed by atoms with E-state index in [0.29, 0.717) is 11.3 Å². The first-order valence-electron chi connectivity index (χ1n) is 10.4. The number of imide groups is 1. The van der Waals surface area contributed by atoms with Crippen molar-refractivity contribution in [3.63, 3.8) is 0 Å². The highest BCUT2D eigenvalue weighted by atomic mass is 16.2. The number of amides is 3. The van der Waals surface area contributed by atoms with Crippen LogP contribution in [-0.4, -0.2) is 18.0 Å². The van der Waals surface area contributed by atoms with E-state index in [1.807, 2.05) is 62.4 Å². The fourth-order valence-electron chi connectivity index (χ4n) is 3.75. The van der Waals surface area contributed by atoms with Crippen molar-refractivity contribution in [2.45, 2.75) is 58.9 Å². The van der Waals surface area contributed by atoms with E-state index in [1.165, 1.54) is 4.90 Å². The number of hydrogen-bond donors (Lipinski definition) is 0. The average molecular weight is 391 g/mol. The van der Waals surface area contributed by atoms with E-state index in [2.05, 4.69) is 13.5 Å². The molecule has 1 saturated heterocycles. The van der Waals surface area contributed by atoms with Gasteiger partial charge in [0, 0.05) is 11.3 Å². The van der Waals surface area contributed by atoms with E-state index >= 15 is 0 Å². The van der Waals surface area contributed by atoms with E-state index in [1.54, 1.807) is 4.90 Å². The maximum atomic E-state index is 13.5. The molecule has 0 N–H and O–H groups in total. The van der Waals surface area contributed by atoms with Gasteiger partial charge in [-0.1, -0.05) is 74.6 Å². The minimum absolute atomic E-state index is 0.303. The molecule has 152 valence electrons. The lowest BCUT2D eigenvalue weighted by Crippen LogP contribution is -2.58. The molecule has 0 saturated carbocycles. The predicted octanol–water partition coefficient (Wildman–Crippen LogP) is 6.17. The highest BCUT2D eigenvalue weighted by Gasteiger charge is 2.42. The van der Waals surface area contributed by atoms with Gasteiger partial charge < -0.3 is 0 Å². The molecule has 3 rings (SSSR count). The van der Waals surface area contributed by atoms with Crippen LogP contribution in [0.5, 0.6) is 0 Å². The lowest BCUT2D eigenvalue weighted by molar-refractivity contribution is -0.115. The third-order valence-electron chi connectivity index (χ3n) is 5.52. The zero-order valence-corrected chi connectivity index (χ0v) is 17.6. The lowest BCUT2D eigenvalue weighted by Gasteiger charge is -2.41. The minimum atomic E-state index is -0.310. The number of benzene rings is 2. The van der Waals surface area contributed by atoms with Gasteiger partial charge in [0.1, 0.15) is 0 Å². The van der Waals surface area contributed by atoms with Gasteiger partial charge in [-0.25, -0.2) is 9.69 Å². The molecule has 0 radical (unpaired) electrons. The van der Waals surface area contributed by atoms with E-state index in [-0.39, 0.29) is 18.0 Å². The summed E-state index contributed by atoms with van der Waals surface area (Å²) in [6, 6.07) is 14.7. The molecule has 1 aliphatic heterocycles. The third-order valence-corrected chi connectivity index (χ3v) is 5.52. The Labute approximate surface area is 173 Å². The highest BCUT2D eigenvalue weighted by molar-refractivity contribution is 6.27. The average Bonchev–Trinajstić information content (AvgIpc) is 2.71. The molecule has 4 nitrogen and oxygen atoms in total. The summed E-state index contributed by atoms with van der Waals surface area (Å²) in [7, 11) is 0. The van der Waals surface area contributed by atoms with E-state index in [0.717, 1.165) is 48.9 Å². The Balaban J connectivity index is 1.98. The molecule has 0 bridgehead atoms. The van der Waals surface area contributed by atoms with Crippen LogP contribution in [0.1, 0.15) is 50.2 Å². The van der Waals surface area contributed by atoms with Crippen molar-refractivity contribution in [1.82, 2.24) is 0 Å². The van der Waals surface area contributed by atoms with Gasteiger partial charge in [-0.2, -0.15) is 0 Å². The van der Waals surface area contributed by atoms with Crippen LogP contribution in [0, 0.1) is 13.8 Å². The van der Waals surface area contributed by atoms with Crippen LogP contribution in [0.3, 0.4) is 0 Å². The summed E-state index contributed by atoms with van der Waals surface area (Å²) in [4.78, 5) is 29.7. The monoisotopic (exact) mass is 390 g/mol. The van der Waals surface area contributed by atoms with Gasteiger partial charge >= 0.3 is 6.03 Å². The number of unbranched alkanes of at least 4 members (excludes halogenated alkanes) is 3. The van der Waals surface area contributed by atoms with Crippen molar-refractivity contribution in [3.05, 3.63) is 71.8 Å². The summed E-state index contributed by atoms with van der Waals surface area (Å²) in [6.07, 6.45) is 5.09. The molecular formula is C25H30N2O2. The molecular weight excluding hydrogens is 360 g/mol. The molecule has 0 aliphatic carbocycles. The number of rotatable bonds is 7. The van der Waals surface area contributed by atoms with Gasteiger partial charge in [-0.3, -0.25) is 9.69 Å². The summed E-state index contributed by atoms with van der Waals surface area (Å²) in [5.41, 5.74) is 4.05. The zero-order valence-electron chi connectivity index (χ0n) is 17.6. The van der Waals surface area contributed by atoms with Gasteiger partial charge in [0.05, 0.1) is 11.7 Å². The Morgan fingerprint density at radius 2 is 1.38 bits per heavy atom. The predicted molar refractivity (Wildman–Crippen MR) is 119 cm³/mol. The van der Waals surface area contributed by atoms with Crippen molar-refractivity contribution < 1.29 is 9.59 Å². The first-order chi connectivity index (χ1) is 13.9. The van der Waals surface area contributed by atoms with Crippen molar-refractivity contribution in [2.24, 2.45) is 0 Å². The Bertz CT molecular complexity index is 884. The molecule has 1 aliphatic rings. The maximum Gasteiger partial charge on any atom is 0.336 e. The number of hydrogen-bond acceptors (Lipinski definition) is 2. The van der Waals surface area contributed by atoms with Crippen LogP contribution < -0.4 is 9.80 Å². The van der Waals surface area contributed by atoms with Crippen molar-refractivity contribution >= 4 is 23.3 Å². The van der Waals surface area contributed by atoms with Crippen LogP contribution in [0.15, 0.2) is 60.7 Å². The summed E-state index contributed by atoms with van der Waals surface area (Å²) in [5, 5.41) is 0. The Morgan fingerprint density at radius 1 is 0.828 bits per heavy atom. The van der Waals surface area contributed by atoms with Crippen LogP contribution in [-0.2, 0) is 4.79 Å². The molecule has 4 heteroatoms. The van der Waals surface area contributed by atoms with Gasteiger partial charge in [-0.15, -0.1) is 0 Å². The number of anilines is 2. The summed E-state index contributed by atoms with van der Waals surface area (Å²) in [6.45, 7) is 10.3. The molecule has 0 spiro atoms. The largest absolute Gasteiger partial charge is 0.336 e. The van der Waals surface area contributed by atoms with Crippen molar-refractivity contribution in [3.8, 4) is 0 Å². The highest BCUT2D eigenvalue weighted by Crippen LogP contribution is 2.33. The molecule has 3 amide bonds. The number of carbonyl (C=O) groups is 2. The quantitative estimate of drug-likeness (QED) is 0.419. The second-order valence-electron chi connectivity index (χ2n) is 7.85. The van der Waals surface area contributed by atoms with E-state index in [9.17, 15) is 9.59 Å². The normalized spacial score (nSPS) is 17.2. The molecule has 1 unspecified atom stereocenters. The Morgan fingerprint density at radius 3 is 1.93 bits per heavy atom. The van der Waals surface area contributed by atoms with Crippen LogP contribution in [0.2, 0.25) is 0 Å². The lowest BCUT2D eigenvalue weighted by atomic mass is 9.95. The first kappa shape index (κ1) is 20.8. The maximum absolute atomic E-state index is 13.5. The number of carbonyl (C=O) groups excluding carboxylic acids is 2. The van der Waals surface area contributed by atoms with Crippen molar-refractivity contribution in [2.75, 3.05) is 9.80 Å².